The molecule has 0 spiro atoms. The lowest BCUT2D eigenvalue weighted by Crippen LogP contribution is -2.59. The van der Waals surface area contributed by atoms with Crippen molar-refractivity contribution in [3.8, 4) is 0 Å². The van der Waals surface area contributed by atoms with Gasteiger partial charge in [-0.2, -0.15) is 8.42 Å². The molecule has 4 fully saturated rings. The quantitative estimate of drug-likeness (QED) is 0.293. The van der Waals surface area contributed by atoms with Gasteiger partial charge in [0.2, 0.25) is 5.91 Å². The molecule has 5 unspecified atom stereocenters. The molecule has 230 valence electrons. The van der Waals surface area contributed by atoms with Crippen molar-refractivity contribution in [1.82, 2.24) is 5.32 Å². The Morgan fingerprint density at radius 1 is 1.15 bits per heavy atom. The number of halogens is 1. The molecule has 10 atom stereocenters. The molecule has 1 aromatic heterocycles. The smallest absolute Gasteiger partial charge is 0.348 e. The van der Waals surface area contributed by atoms with E-state index in [0.717, 1.165) is 37.0 Å². The van der Waals surface area contributed by atoms with E-state index in [1.807, 2.05) is 12.1 Å². The third-order valence-corrected chi connectivity index (χ3v) is 13.7. The van der Waals surface area contributed by atoms with E-state index in [1.165, 1.54) is 11.3 Å². The van der Waals surface area contributed by atoms with Crippen LogP contribution in [0.5, 0.6) is 0 Å². The molecule has 7 nitrogen and oxygen atoms in total. The van der Waals surface area contributed by atoms with E-state index in [2.05, 4.69) is 39.9 Å². The van der Waals surface area contributed by atoms with Crippen molar-refractivity contribution in [1.29, 1.82) is 0 Å². The summed E-state index contributed by atoms with van der Waals surface area (Å²) < 4.78 is 39.9. The second-order valence-corrected chi connectivity index (χ2v) is 17.2. The molecule has 0 aliphatic heterocycles. The van der Waals surface area contributed by atoms with Gasteiger partial charge in [-0.15, -0.1) is 11.3 Å². The molecule has 4 aliphatic carbocycles. The summed E-state index contributed by atoms with van der Waals surface area (Å²) in [7, 11) is -4.63. The zero-order valence-electron chi connectivity index (χ0n) is 24.9. The summed E-state index contributed by atoms with van der Waals surface area (Å²) in [6.45, 7) is 11.0. The number of Topliss-reactive ketones (excluding diaryl/α,β-unsaturated/α-hetero) is 1. The first-order valence-electron chi connectivity index (χ1n) is 15.3. The van der Waals surface area contributed by atoms with Gasteiger partial charge in [0.15, 0.2) is 0 Å². The van der Waals surface area contributed by atoms with Gasteiger partial charge in [0.1, 0.15) is 5.78 Å². The summed E-state index contributed by atoms with van der Waals surface area (Å²) in [6.07, 6.45) is 6.13. The predicted molar refractivity (Wildman–Crippen MR) is 161 cm³/mol. The third-order valence-electron chi connectivity index (χ3n) is 11.9. The van der Waals surface area contributed by atoms with Crippen molar-refractivity contribution in [2.24, 2.45) is 52.3 Å². The maximum absolute atomic E-state index is 13.4. The number of nitrogens with one attached hydrogen (secondary N) is 1. The first-order chi connectivity index (χ1) is 19.1. The monoisotopic (exact) mass is 627 g/mol. The molecule has 1 aromatic rings. The van der Waals surface area contributed by atoms with Crippen LogP contribution >= 0.6 is 22.9 Å². The molecular weight excluding hydrogens is 582 g/mol. The van der Waals surface area contributed by atoms with Gasteiger partial charge in [0.25, 0.3) is 0 Å². The van der Waals surface area contributed by atoms with Gasteiger partial charge < -0.3 is 5.32 Å². The van der Waals surface area contributed by atoms with Crippen molar-refractivity contribution in [3.63, 3.8) is 0 Å². The van der Waals surface area contributed by atoms with Gasteiger partial charge in [-0.3, -0.25) is 14.1 Å². The van der Waals surface area contributed by atoms with Gasteiger partial charge in [-0.1, -0.05) is 46.2 Å². The fourth-order valence-corrected chi connectivity index (χ4v) is 11.8. The van der Waals surface area contributed by atoms with Crippen molar-refractivity contribution in [3.05, 3.63) is 21.3 Å². The summed E-state index contributed by atoms with van der Waals surface area (Å²) >= 11 is 7.68. The molecular formula is C31H46ClNO6S2. The minimum atomic E-state index is -4.63. The second-order valence-electron chi connectivity index (χ2n) is 14.4. The maximum Gasteiger partial charge on any atom is 0.397 e. The highest BCUT2D eigenvalue weighted by Gasteiger charge is 2.64. The van der Waals surface area contributed by atoms with Crippen LogP contribution in [-0.4, -0.2) is 30.8 Å². The topological polar surface area (TPSA) is 110 Å². The molecule has 4 aliphatic rings. The van der Waals surface area contributed by atoms with E-state index in [4.69, 9.17) is 15.8 Å². The molecule has 2 N–H and O–H groups in total. The van der Waals surface area contributed by atoms with Crippen LogP contribution in [-0.2, 0) is 24.2 Å². The summed E-state index contributed by atoms with van der Waals surface area (Å²) in [5.74, 6) is 1.61. The van der Waals surface area contributed by atoms with Gasteiger partial charge in [0, 0.05) is 24.1 Å². The highest BCUT2D eigenvalue weighted by molar-refractivity contribution is 7.80. The maximum atomic E-state index is 13.4. The van der Waals surface area contributed by atoms with Gasteiger partial charge in [-0.25, -0.2) is 4.18 Å². The van der Waals surface area contributed by atoms with E-state index in [1.54, 1.807) is 0 Å². The zero-order valence-corrected chi connectivity index (χ0v) is 27.3. The van der Waals surface area contributed by atoms with E-state index in [0.29, 0.717) is 35.9 Å². The largest absolute Gasteiger partial charge is 0.397 e. The van der Waals surface area contributed by atoms with E-state index < -0.39 is 16.5 Å². The van der Waals surface area contributed by atoms with Gasteiger partial charge >= 0.3 is 10.4 Å². The molecule has 41 heavy (non-hydrogen) atoms. The van der Waals surface area contributed by atoms with Crippen LogP contribution in [0.25, 0.3) is 0 Å². The number of fused-ring (bicyclic) bond motifs is 5. The number of ketones is 1. The highest BCUT2D eigenvalue weighted by Crippen LogP contribution is 2.68. The first kappa shape index (κ1) is 31.4. The highest BCUT2D eigenvalue weighted by atomic mass is 35.5. The van der Waals surface area contributed by atoms with Crippen LogP contribution in [0.15, 0.2) is 12.1 Å². The average molecular weight is 628 g/mol. The SMILES string of the molecule is CC(C)[C@H](NC(=O)C[C@@H](C)C1CC[C@H]2C3[C@H](OS(=O)(=O)O)CC4CC(=O)CCC4(C)[C@H]3CCC12C)c1ccc(Cl)s1. The second kappa shape index (κ2) is 11.5. The van der Waals surface area contributed by atoms with E-state index >= 15 is 0 Å². The fraction of sp³-hybridized carbons (Fsp3) is 0.806. The molecule has 0 bridgehead atoms. The summed E-state index contributed by atoms with van der Waals surface area (Å²) in [6, 6.07) is 3.79. The molecule has 10 heteroatoms. The molecule has 4 saturated carbocycles. The van der Waals surface area contributed by atoms with E-state index in [9.17, 15) is 22.6 Å². The number of hydrogen-bond donors (Lipinski definition) is 2. The minimum absolute atomic E-state index is 0.00468. The van der Waals surface area contributed by atoms with Gasteiger partial charge in [-0.05, 0) is 103 Å². The summed E-state index contributed by atoms with van der Waals surface area (Å²) in [5.41, 5.74) is -0.0762. The van der Waals surface area contributed by atoms with Crippen LogP contribution in [0.3, 0.4) is 0 Å². The normalized spacial score (nSPS) is 38.6. The molecule has 0 saturated heterocycles. The lowest BCUT2D eigenvalue weighted by atomic mass is 9.44. The number of carbonyl (C=O) groups is 2. The van der Waals surface area contributed by atoms with Crippen LogP contribution in [0.4, 0.5) is 0 Å². The Balaban J connectivity index is 1.34. The lowest BCUT2D eigenvalue weighted by molar-refractivity contribution is -0.164. The number of thiophene rings is 1. The summed E-state index contributed by atoms with van der Waals surface area (Å²) in [5, 5.41) is 3.27. The van der Waals surface area contributed by atoms with Crippen molar-refractivity contribution in [2.45, 2.75) is 105 Å². The molecule has 1 heterocycles. The lowest BCUT2D eigenvalue weighted by Gasteiger charge is -2.62. The minimum Gasteiger partial charge on any atom is -0.348 e. The Labute approximate surface area is 254 Å². The van der Waals surface area contributed by atoms with Crippen LogP contribution in [0, 0.1) is 52.3 Å². The van der Waals surface area contributed by atoms with Crippen LogP contribution in [0.1, 0.15) is 103 Å². The molecule has 5 rings (SSSR count). The van der Waals surface area contributed by atoms with Crippen LogP contribution < -0.4 is 5.32 Å². The molecule has 0 aromatic carbocycles. The fourth-order valence-electron chi connectivity index (χ4n) is 9.95. The molecule has 1 amide bonds. The number of amides is 1. The van der Waals surface area contributed by atoms with Crippen molar-refractivity contribution >= 4 is 45.0 Å². The Morgan fingerprint density at radius 2 is 1.85 bits per heavy atom. The Bertz CT molecular complexity index is 1260. The predicted octanol–water partition coefficient (Wildman–Crippen LogP) is 7.27. The molecule has 0 radical (unpaired) electrons. The standard InChI is InChI=1S/C31H46ClNO6S2/c1-17(2)29(25-8-9-26(32)40-25)33-27(35)14-18(3)21-6-7-22-28-23(11-13-31(21,22)5)30(4)12-10-20(34)15-19(30)16-24(28)39-41(36,37)38/h8-9,17-19,21-24,28-29H,6-7,10-16H2,1-5H3,(H,33,35)(H,36,37,38)/t18-,19?,21?,22+,23+,24-,28?,29+,30?,31?/m1/s1. The first-order valence-corrected chi connectivity index (χ1v) is 17.9. The third kappa shape index (κ3) is 6.04. The number of carbonyl (C=O) groups excluding carboxylic acids is 2. The Morgan fingerprint density at radius 3 is 2.49 bits per heavy atom. The Hall–Kier alpha value is -1.000. The zero-order chi connectivity index (χ0) is 29.9. The Kier molecular flexibility index (Phi) is 8.81. The van der Waals surface area contributed by atoms with E-state index in [-0.39, 0.29) is 64.1 Å². The number of rotatable bonds is 8. The average Bonchev–Trinajstić information content (AvgIpc) is 3.45. The number of hydrogen-bond acceptors (Lipinski definition) is 6. The van der Waals surface area contributed by atoms with Crippen LogP contribution in [0.2, 0.25) is 4.34 Å². The van der Waals surface area contributed by atoms with Crippen molar-refractivity contribution < 1.29 is 26.7 Å². The van der Waals surface area contributed by atoms with Gasteiger partial charge in [0.05, 0.1) is 16.5 Å². The van der Waals surface area contributed by atoms with Crippen molar-refractivity contribution in [2.75, 3.05) is 0 Å². The summed E-state index contributed by atoms with van der Waals surface area (Å²) in [4.78, 5) is 26.8.